The zero-order valence-electron chi connectivity index (χ0n) is 5.08. The van der Waals surface area contributed by atoms with E-state index in [2.05, 4.69) is 32.6 Å². The maximum Gasteiger partial charge on any atom is 0.178 e. The second kappa shape index (κ2) is 3.74. The van der Waals surface area contributed by atoms with Crippen molar-refractivity contribution in [1.29, 1.82) is 0 Å². The van der Waals surface area contributed by atoms with Gasteiger partial charge in [0.15, 0.2) is 10.3 Å². The van der Waals surface area contributed by atoms with Crippen LogP contribution in [0, 0.1) is 0 Å². The average molecular weight is 206 g/mol. The number of nitrogens with zero attached hydrogens (tertiary/aromatic N) is 3. The van der Waals surface area contributed by atoms with Crippen molar-refractivity contribution in [2.45, 2.75) is 0 Å². The van der Waals surface area contributed by atoms with Crippen LogP contribution < -0.4 is 0 Å². The van der Waals surface area contributed by atoms with Crippen molar-refractivity contribution in [3.63, 3.8) is 0 Å². The summed E-state index contributed by atoms with van der Waals surface area (Å²) in [6.07, 6.45) is 0. The summed E-state index contributed by atoms with van der Waals surface area (Å²) in [5.41, 5.74) is 0.377. The molecule has 0 saturated heterocycles. The molecule has 0 radical (unpaired) electrons. The number of aliphatic imine (C=N–C) groups is 1. The monoisotopic (exact) mass is 205 g/mol. The molecule has 0 aliphatic carbocycles. The molecule has 56 valence electrons. The lowest BCUT2D eigenvalue weighted by molar-refractivity contribution is 1.03. The van der Waals surface area contributed by atoms with Gasteiger partial charge < -0.3 is 0 Å². The van der Waals surface area contributed by atoms with Crippen LogP contribution in [0.15, 0.2) is 11.1 Å². The molecule has 6 heteroatoms. The van der Waals surface area contributed by atoms with Gasteiger partial charge in [0, 0.05) is 6.07 Å². The molecule has 1 heterocycles. The highest BCUT2D eigenvalue weighted by molar-refractivity contribution is 7.78. The Morgan fingerprint density at radius 1 is 1.45 bits per heavy atom. The van der Waals surface area contributed by atoms with Crippen LogP contribution in [0.2, 0.25) is 10.3 Å². The molecule has 0 bridgehead atoms. The van der Waals surface area contributed by atoms with Crippen LogP contribution >= 0.6 is 35.4 Å². The van der Waals surface area contributed by atoms with Gasteiger partial charge in [0.1, 0.15) is 5.69 Å². The predicted molar refractivity (Wildman–Crippen MR) is 46.7 cm³/mol. The summed E-state index contributed by atoms with van der Waals surface area (Å²) in [4.78, 5) is 3.61. The van der Waals surface area contributed by atoms with E-state index in [0.717, 1.165) is 0 Å². The van der Waals surface area contributed by atoms with Crippen LogP contribution in [-0.4, -0.2) is 15.4 Å². The largest absolute Gasteiger partial charge is 0.191 e. The van der Waals surface area contributed by atoms with E-state index in [0.29, 0.717) is 5.69 Å². The van der Waals surface area contributed by atoms with Crippen LogP contribution in [0.4, 0.5) is 5.69 Å². The smallest absolute Gasteiger partial charge is 0.178 e. The highest BCUT2D eigenvalue weighted by Crippen LogP contribution is 2.22. The van der Waals surface area contributed by atoms with Crippen molar-refractivity contribution in [3.05, 3.63) is 16.4 Å². The zero-order chi connectivity index (χ0) is 8.27. The van der Waals surface area contributed by atoms with Crippen molar-refractivity contribution in [3.8, 4) is 0 Å². The zero-order valence-corrected chi connectivity index (χ0v) is 7.41. The minimum Gasteiger partial charge on any atom is -0.191 e. The summed E-state index contributed by atoms with van der Waals surface area (Å²) < 4.78 is 0. The molecule has 3 nitrogen and oxygen atoms in total. The minimum atomic E-state index is 0.159. The van der Waals surface area contributed by atoms with E-state index in [1.165, 1.54) is 6.07 Å². The highest BCUT2D eigenvalue weighted by atomic mass is 35.5. The van der Waals surface area contributed by atoms with E-state index in [4.69, 9.17) is 23.2 Å². The number of thiocarbonyl (C=S) groups is 1. The lowest BCUT2D eigenvalue weighted by Gasteiger charge is -1.92. The third-order valence-electron chi connectivity index (χ3n) is 0.867. The van der Waals surface area contributed by atoms with Crippen LogP contribution in [0.1, 0.15) is 0 Å². The summed E-state index contributed by atoms with van der Waals surface area (Å²) in [7, 11) is 0. The molecule has 0 unspecified atom stereocenters. The van der Waals surface area contributed by atoms with Crippen LogP contribution in [0.25, 0.3) is 0 Å². The fourth-order valence-corrected chi connectivity index (χ4v) is 0.846. The van der Waals surface area contributed by atoms with Crippen LogP contribution in [0.3, 0.4) is 0 Å². The van der Waals surface area contributed by atoms with Gasteiger partial charge in [-0.25, -0.2) is 0 Å². The fourth-order valence-electron chi connectivity index (χ4n) is 0.472. The second-order valence-corrected chi connectivity index (χ2v) is 2.47. The fraction of sp³-hybridized carbons (Fsp3) is 0. The molecule has 0 aliphatic heterocycles. The van der Waals surface area contributed by atoms with Crippen LogP contribution in [-0.2, 0) is 0 Å². The first-order valence-corrected chi connectivity index (χ1v) is 3.67. The molecule has 0 N–H and O–H groups in total. The number of rotatable bonds is 1. The molecule has 0 aromatic carbocycles. The lowest BCUT2D eigenvalue weighted by atomic mass is 10.5. The number of hydrogen-bond donors (Lipinski definition) is 0. The Labute approximate surface area is 78.1 Å². The van der Waals surface area contributed by atoms with Crippen molar-refractivity contribution >= 4 is 46.3 Å². The molecule has 0 amide bonds. The SMILES string of the molecule is S=C=Nc1cc(Cl)nnc1Cl. The van der Waals surface area contributed by atoms with Gasteiger partial charge in [-0.2, -0.15) is 4.99 Å². The summed E-state index contributed by atoms with van der Waals surface area (Å²) in [5, 5.41) is 9.51. The molecular weight excluding hydrogens is 205 g/mol. The van der Waals surface area contributed by atoms with Gasteiger partial charge in [0.05, 0.1) is 5.16 Å². The Balaban J connectivity index is 3.22. The quantitative estimate of drug-likeness (QED) is 0.523. The van der Waals surface area contributed by atoms with Gasteiger partial charge in [-0.15, -0.1) is 10.2 Å². The van der Waals surface area contributed by atoms with Gasteiger partial charge in [-0.1, -0.05) is 23.2 Å². The van der Waals surface area contributed by atoms with Gasteiger partial charge in [0.25, 0.3) is 0 Å². The predicted octanol–water partition coefficient (Wildman–Crippen LogP) is 2.52. The van der Waals surface area contributed by atoms with E-state index in [1.54, 1.807) is 0 Å². The molecule has 0 fully saturated rings. The topological polar surface area (TPSA) is 38.1 Å². The van der Waals surface area contributed by atoms with Gasteiger partial charge in [-0.3, -0.25) is 0 Å². The Morgan fingerprint density at radius 2 is 2.18 bits per heavy atom. The van der Waals surface area contributed by atoms with E-state index >= 15 is 0 Å². The number of aromatic nitrogens is 2. The molecule has 0 aliphatic rings. The van der Waals surface area contributed by atoms with E-state index < -0.39 is 0 Å². The molecule has 0 spiro atoms. The molecule has 0 atom stereocenters. The maximum absolute atomic E-state index is 5.56. The lowest BCUT2D eigenvalue weighted by Crippen LogP contribution is -1.81. The molecule has 1 aromatic rings. The van der Waals surface area contributed by atoms with Gasteiger partial charge in [0.2, 0.25) is 0 Å². The summed E-state index contributed by atoms with van der Waals surface area (Å²) in [6.45, 7) is 0. The Bertz CT molecular complexity index is 322. The number of hydrogen-bond acceptors (Lipinski definition) is 4. The molecular formula is C5HCl2N3S. The molecule has 0 saturated carbocycles. The first-order valence-electron chi connectivity index (χ1n) is 2.50. The van der Waals surface area contributed by atoms with Crippen molar-refractivity contribution in [2.75, 3.05) is 0 Å². The average Bonchev–Trinajstić information content (AvgIpc) is 1.98. The molecule has 1 rings (SSSR count). The summed E-state index contributed by atoms with van der Waals surface area (Å²) in [5.74, 6) is 0. The normalized spacial score (nSPS) is 8.91. The molecule has 11 heavy (non-hydrogen) atoms. The minimum absolute atomic E-state index is 0.159. The first kappa shape index (κ1) is 8.56. The second-order valence-electron chi connectivity index (χ2n) is 1.55. The van der Waals surface area contributed by atoms with Crippen molar-refractivity contribution in [2.24, 2.45) is 4.99 Å². The Morgan fingerprint density at radius 3 is 2.82 bits per heavy atom. The first-order chi connectivity index (χ1) is 5.24. The van der Waals surface area contributed by atoms with Crippen molar-refractivity contribution in [1.82, 2.24) is 10.2 Å². The van der Waals surface area contributed by atoms with E-state index in [-0.39, 0.29) is 10.3 Å². The Kier molecular flexibility index (Phi) is 2.91. The highest BCUT2D eigenvalue weighted by Gasteiger charge is 2.00. The number of isothiocyanates is 1. The van der Waals surface area contributed by atoms with E-state index in [9.17, 15) is 0 Å². The third-order valence-corrected chi connectivity index (χ3v) is 1.41. The standard InChI is InChI=1S/C5HCl2N3S/c6-4-1-3(8-2-11)5(7)10-9-4/h1H. The number of halogens is 2. The van der Waals surface area contributed by atoms with E-state index in [1.807, 2.05) is 0 Å². The summed E-state index contributed by atoms with van der Waals surface area (Å²) in [6, 6.07) is 1.45. The maximum atomic E-state index is 5.56. The van der Waals surface area contributed by atoms with Gasteiger partial charge in [-0.05, 0) is 12.2 Å². The van der Waals surface area contributed by atoms with Gasteiger partial charge >= 0.3 is 0 Å². The van der Waals surface area contributed by atoms with Crippen LogP contribution in [0.5, 0.6) is 0 Å². The van der Waals surface area contributed by atoms with Crippen molar-refractivity contribution < 1.29 is 0 Å². The summed E-state index contributed by atoms with van der Waals surface area (Å²) >= 11 is 15.4. The third kappa shape index (κ3) is 2.20. The molecule has 1 aromatic heterocycles. The Hall–Kier alpha value is -0.540.